The van der Waals surface area contributed by atoms with E-state index in [0.29, 0.717) is 5.13 Å². The highest BCUT2D eigenvalue weighted by Crippen LogP contribution is 2.22. The number of carbonyl (C=O) groups excluding carboxylic acids is 1. The number of para-hydroxylation sites is 1. The molecule has 0 saturated carbocycles. The van der Waals surface area contributed by atoms with Gasteiger partial charge in [0, 0.05) is 4.88 Å². The molecule has 0 aliphatic carbocycles. The Kier molecular flexibility index (Phi) is 3.66. The van der Waals surface area contributed by atoms with Crippen molar-refractivity contribution in [1.82, 2.24) is 20.0 Å². The summed E-state index contributed by atoms with van der Waals surface area (Å²) < 4.78 is 1.59. The van der Waals surface area contributed by atoms with E-state index in [1.807, 2.05) is 31.2 Å². The van der Waals surface area contributed by atoms with Crippen LogP contribution in [0.2, 0.25) is 0 Å². The van der Waals surface area contributed by atoms with Gasteiger partial charge in [-0.2, -0.15) is 0 Å². The van der Waals surface area contributed by atoms with E-state index in [9.17, 15) is 4.79 Å². The third kappa shape index (κ3) is 2.78. The smallest absolute Gasteiger partial charge is 0.247 e. The molecule has 2 heterocycles. The first kappa shape index (κ1) is 13.7. The number of thiazole rings is 1. The Labute approximate surface area is 125 Å². The molecule has 1 N–H and O–H groups in total. The summed E-state index contributed by atoms with van der Waals surface area (Å²) in [6.45, 7) is 4.19. The predicted molar refractivity (Wildman–Crippen MR) is 82.4 cm³/mol. The molecular formula is C14H15N5OS. The lowest BCUT2D eigenvalue weighted by atomic mass is 10.3. The molecular weight excluding hydrogens is 286 g/mol. The van der Waals surface area contributed by atoms with Crippen LogP contribution in [0.25, 0.3) is 11.0 Å². The van der Waals surface area contributed by atoms with Crippen molar-refractivity contribution in [2.45, 2.75) is 26.8 Å². The molecule has 7 heteroatoms. The number of amides is 1. The van der Waals surface area contributed by atoms with Crippen LogP contribution < -0.4 is 5.32 Å². The molecule has 2 aromatic heterocycles. The van der Waals surface area contributed by atoms with Gasteiger partial charge in [0.2, 0.25) is 5.91 Å². The molecule has 1 amide bonds. The minimum Gasteiger partial charge on any atom is -0.300 e. The molecule has 0 spiro atoms. The van der Waals surface area contributed by atoms with Gasteiger partial charge in [0.05, 0.1) is 11.2 Å². The van der Waals surface area contributed by atoms with Crippen LogP contribution in [0, 0.1) is 6.92 Å². The van der Waals surface area contributed by atoms with Gasteiger partial charge in [-0.15, -0.1) is 16.4 Å². The van der Waals surface area contributed by atoms with Gasteiger partial charge in [0.25, 0.3) is 0 Å². The zero-order chi connectivity index (χ0) is 14.8. The fourth-order valence-electron chi connectivity index (χ4n) is 2.14. The van der Waals surface area contributed by atoms with Crippen LogP contribution in [-0.2, 0) is 17.8 Å². The monoisotopic (exact) mass is 301 g/mol. The molecule has 3 rings (SSSR count). The number of hydrogen-bond donors (Lipinski definition) is 1. The predicted octanol–water partition coefficient (Wildman–Crippen LogP) is 2.40. The van der Waals surface area contributed by atoms with E-state index >= 15 is 0 Å². The Morgan fingerprint density at radius 2 is 2.19 bits per heavy atom. The summed E-state index contributed by atoms with van der Waals surface area (Å²) in [5, 5.41) is 11.5. The zero-order valence-electron chi connectivity index (χ0n) is 11.8. The molecule has 0 radical (unpaired) electrons. The largest absolute Gasteiger partial charge is 0.300 e. The van der Waals surface area contributed by atoms with Crippen LogP contribution in [0.4, 0.5) is 5.13 Å². The summed E-state index contributed by atoms with van der Waals surface area (Å²) >= 11 is 1.50. The Balaban J connectivity index is 1.74. The van der Waals surface area contributed by atoms with Gasteiger partial charge in [0.1, 0.15) is 12.1 Å². The van der Waals surface area contributed by atoms with E-state index in [0.717, 1.165) is 28.0 Å². The van der Waals surface area contributed by atoms with Crippen molar-refractivity contribution in [2.75, 3.05) is 5.32 Å². The molecule has 0 aliphatic heterocycles. The van der Waals surface area contributed by atoms with Crippen LogP contribution in [0.1, 0.15) is 17.5 Å². The van der Waals surface area contributed by atoms with Crippen molar-refractivity contribution in [3.8, 4) is 0 Å². The first-order chi connectivity index (χ1) is 10.2. The maximum Gasteiger partial charge on any atom is 0.247 e. The number of nitrogens with zero attached hydrogens (tertiary/aromatic N) is 4. The average Bonchev–Trinajstić information content (AvgIpc) is 3.03. The number of fused-ring (bicyclic) bond motifs is 1. The van der Waals surface area contributed by atoms with Gasteiger partial charge >= 0.3 is 0 Å². The van der Waals surface area contributed by atoms with Crippen molar-refractivity contribution < 1.29 is 4.79 Å². The number of aryl methyl sites for hydroxylation is 2. The van der Waals surface area contributed by atoms with Crippen LogP contribution in [0.15, 0.2) is 24.3 Å². The van der Waals surface area contributed by atoms with Crippen LogP contribution >= 0.6 is 11.3 Å². The topological polar surface area (TPSA) is 72.7 Å². The number of anilines is 1. The molecule has 0 saturated heterocycles. The van der Waals surface area contributed by atoms with Crippen molar-refractivity contribution >= 4 is 33.4 Å². The number of nitrogens with one attached hydrogen (secondary N) is 1. The van der Waals surface area contributed by atoms with Crippen LogP contribution in [0.5, 0.6) is 0 Å². The number of carbonyl (C=O) groups is 1. The molecule has 0 aliphatic rings. The first-order valence-electron chi connectivity index (χ1n) is 6.71. The molecule has 0 unspecified atom stereocenters. The second-order valence-corrected chi connectivity index (χ2v) is 5.86. The van der Waals surface area contributed by atoms with E-state index < -0.39 is 0 Å². The van der Waals surface area contributed by atoms with Gasteiger partial charge in [-0.3, -0.25) is 4.79 Å². The van der Waals surface area contributed by atoms with Crippen LogP contribution in [0.3, 0.4) is 0 Å². The van der Waals surface area contributed by atoms with E-state index in [-0.39, 0.29) is 12.5 Å². The van der Waals surface area contributed by atoms with E-state index in [1.165, 1.54) is 11.3 Å². The molecule has 0 bridgehead atoms. The van der Waals surface area contributed by atoms with Gasteiger partial charge in [-0.05, 0) is 25.5 Å². The van der Waals surface area contributed by atoms with E-state index in [2.05, 4.69) is 27.5 Å². The lowest BCUT2D eigenvalue weighted by molar-refractivity contribution is -0.116. The summed E-state index contributed by atoms with van der Waals surface area (Å²) in [7, 11) is 0. The number of benzene rings is 1. The fraction of sp³-hybridized carbons (Fsp3) is 0.286. The first-order valence-corrected chi connectivity index (χ1v) is 7.53. The average molecular weight is 301 g/mol. The van der Waals surface area contributed by atoms with Gasteiger partial charge in [-0.25, -0.2) is 9.67 Å². The van der Waals surface area contributed by atoms with Crippen molar-refractivity contribution in [2.24, 2.45) is 0 Å². The van der Waals surface area contributed by atoms with Crippen molar-refractivity contribution in [3.05, 3.63) is 34.8 Å². The summed E-state index contributed by atoms with van der Waals surface area (Å²) in [6, 6.07) is 7.56. The molecule has 0 fully saturated rings. The van der Waals surface area contributed by atoms with Crippen LogP contribution in [-0.4, -0.2) is 25.9 Å². The zero-order valence-corrected chi connectivity index (χ0v) is 12.6. The molecule has 0 atom stereocenters. The number of hydrogen-bond acceptors (Lipinski definition) is 5. The Bertz CT molecular complexity index is 792. The third-order valence-corrected chi connectivity index (χ3v) is 4.12. The SMILES string of the molecule is CCc1nc(NC(=O)Cn2nnc3ccccc32)sc1C. The molecule has 21 heavy (non-hydrogen) atoms. The van der Waals surface area contributed by atoms with Gasteiger partial charge < -0.3 is 5.32 Å². The second kappa shape index (κ2) is 5.61. The lowest BCUT2D eigenvalue weighted by Crippen LogP contribution is -2.19. The minimum atomic E-state index is -0.151. The lowest BCUT2D eigenvalue weighted by Gasteiger charge is -2.02. The minimum absolute atomic E-state index is 0.126. The molecule has 6 nitrogen and oxygen atoms in total. The highest BCUT2D eigenvalue weighted by molar-refractivity contribution is 7.15. The highest BCUT2D eigenvalue weighted by Gasteiger charge is 2.12. The van der Waals surface area contributed by atoms with Gasteiger partial charge in [-0.1, -0.05) is 24.3 Å². The number of rotatable bonds is 4. The maximum atomic E-state index is 12.1. The highest BCUT2D eigenvalue weighted by atomic mass is 32.1. The summed E-state index contributed by atoms with van der Waals surface area (Å²) in [6.07, 6.45) is 0.867. The Morgan fingerprint density at radius 1 is 1.38 bits per heavy atom. The number of aromatic nitrogens is 4. The summed E-state index contributed by atoms with van der Waals surface area (Å²) in [5.41, 5.74) is 2.65. The summed E-state index contributed by atoms with van der Waals surface area (Å²) in [4.78, 5) is 17.6. The normalized spacial score (nSPS) is 11.0. The molecule has 108 valence electrons. The molecule has 3 aromatic rings. The Hall–Kier alpha value is -2.28. The third-order valence-electron chi connectivity index (χ3n) is 3.19. The van der Waals surface area contributed by atoms with Gasteiger partial charge in [0.15, 0.2) is 5.13 Å². The molecule has 1 aromatic carbocycles. The quantitative estimate of drug-likeness (QED) is 0.803. The van der Waals surface area contributed by atoms with Crippen molar-refractivity contribution in [3.63, 3.8) is 0 Å². The van der Waals surface area contributed by atoms with E-state index in [4.69, 9.17) is 0 Å². The standard InChI is InChI=1S/C14H15N5OS/c1-3-10-9(2)21-14(15-10)16-13(20)8-19-12-7-5-4-6-11(12)17-18-19/h4-7H,3,8H2,1-2H3,(H,15,16,20). The second-order valence-electron chi connectivity index (χ2n) is 4.66. The fourth-order valence-corrected chi connectivity index (χ4v) is 3.06. The summed E-state index contributed by atoms with van der Waals surface area (Å²) in [5.74, 6) is -0.151. The maximum absolute atomic E-state index is 12.1. The van der Waals surface area contributed by atoms with E-state index in [1.54, 1.807) is 4.68 Å². The Morgan fingerprint density at radius 3 is 2.95 bits per heavy atom. The van der Waals surface area contributed by atoms with Crippen molar-refractivity contribution in [1.29, 1.82) is 0 Å².